The number of nitrogens with zero attached hydrogens (tertiary/aromatic N) is 1. The van der Waals surface area contributed by atoms with E-state index in [0.717, 1.165) is 19.3 Å². The van der Waals surface area contributed by atoms with Crippen LogP contribution in [0.4, 0.5) is 0 Å². The second-order valence-corrected chi connectivity index (χ2v) is 4.94. The summed E-state index contributed by atoms with van der Waals surface area (Å²) in [5, 5.41) is 9.19. The van der Waals surface area contributed by atoms with Crippen LogP contribution < -0.4 is 0 Å². The van der Waals surface area contributed by atoms with E-state index in [0.29, 0.717) is 5.92 Å². The van der Waals surface area contributed by atoms with Crippen LogP contribution in [0.3, 0.4) is 0 Å². The predicted octanol–water partition coefficient (Wildman–Crippen LogP) is 3.73. The predicted molar refractivity (Wildman–Crippen MR) is 83.2 cm³/mol. The fraction of sp³-hybridized carbons (Fsp3) is 0.278. The molecule has 1 unspecified atom stereocenters. The largest absolute Gasteiger partial charge is 0.396 e. The third kappa shape index (κ3) is 4.98. The molecule has 0 aliphatic heterocycles. The van der Waals surface area contributed by atoms with E-state index in [1.54, 1.807) is 0 Å². The zero-order chi connectivity index (χ0) is 14.0. The number of hydrogen-bond acceptors (Lipinski definition) is 2. The van der Waals surface area contributed by atoms with Gasteiger partial charge in [-0.1, -0.05) is 42.5 Å². The smallest absolute Gasteiger partial charge is 0.0436 e. The molecule has 20 heavy (non-hydrogen) atoms. The lowest BCUT2D eigenvalue weighted by Gasteiger charge is -2.11. The Hall–Kier alpha value is -1.93. The Bertz CT molecular complexity index is 507. The molecule has 2 nitrogen and oxygen atoms in total. The summed E-state index contributed by atoms with van der Waals surface area (Å²) in [7, 11) is 0. The minimum Gasteiger partial charge on any atom is -0.396 e. The van der Waals surface area contributed by atoms with Gasteiger partial charge in [-0.2, -0.15) is 0 Å². The van der Waals surface area contributed by atoms with E-state index in [4.69, 9.17) is 0 Å². The molecule has 1 N–H and O–H groups in total. The van der Waals surface area contributed by atoms with Crippen LogP contribution >= 0.6 is 0 Å². The molecular weight excluding hydrogens is 246 g/mol. The summed E-state index contributed by atoms with van der Waals surface area (Å²) >= 11 is 0. The molecule has 0 aliphatic rings. The molecule has 0 aliphatic carbocycles. The van der Waals surface area contributed by atoms with Crippen LogP contribution in [0, 0.1) is 5.92 Å². The summed E-state index contributed by atoms with van der Waals surface area (Å²) in [5.74, 6) is 0.411. The van der Waals surface area contributed by atoms with Crippen molar-refractivity contribution in [2.45, 2.75) is 19.3 Å². The number of allylic oxidation sites excluding steroid dienone is 1. The van der Waals surface area contributed by atoms with Crippen LogP contribution in [0.2, 0.25) is 0 Å². The van der Waals surface area contributed by atoms with Crippen LogP contribution in [0.25, 0.3) is 6.08 Å². The molecule has 104 valence electrons. The average Bonchev–Trinajstić information content (AvgIpc) is 2.52. The maximum atomic E-state index is 9.19. The third-order valence-electron chi connectivity index (χ3n) is 3.41. The summed E-state index contributed by atoms with van der Waals surface area (Å²) in [6, 6.07) is 14.4. The van der Waals surface area contributed by atoms with Gasteiger partial charge in [0.2, 0.25) is 0 Å². The lowest BCUT2D eigenvalue weighted by molar-refractivity contribution is 0.267. The Kier molecular flexibility index (Phi) is 6.00. The van der Waals surface area contributed by atoms with Gasteiger partial charge >= 0.3 is 0 Å². The van der Waals surface area contributed by atoms with Gasteiger partial charge in [-0.25, -0.2) is 0 Å². The fourth-order valence-corrected chi connectivity index (χ4v) is 2.22. The normalized spacial score (nSPS) is 12.7. The summed E-state index contributed by atoms with van der Waals surface area (Å²) in [6.07, 6.45) is 10.9. The van der Waals surface area contributed by atoms with E-state index < -0.39 is 0 Å². The molecule has 1 aromatic heterocycles. The summed E-state index contributed by atoms with van der Waals surface area (Å²) < 4.78 is 0. The van der Waals surface area contributed by atoms with Crippen LogP contribution in [0.15, 0.2) is 60.9 Å². The molecule has 1 aromatic carbocycles. The molecule has 2 heteroatoms. The first-order valence-corrected chi connectivity index (χ1v) is 7.11. The minimum absolute atomic E-state index is 0.236. The topological polar surface area (TPSA) is 33.1 Å². The van der Waals surface area contributed by atoms with E-state index in [-0.39, 0.29) is 6.61 Å². The highest BCUT2D eigenvalue weighted by Crippen LogP contribution is 2.16. The number of aromatic nitrogens is 1. The van der Waals surface area contributed by atoms with Gasteiger partial charge in [0.25, 0.3) is 0 Å². The Labute approximate surface area is 120 Å². The van der Waals surface area contributed by atoms with E-state index in [1.165, 1.54) is 11.1 Å². The quantitative estimate of drug-likeness (QED) is 0.829. The first-order chi connectivity index (χ1) is 9.88. The average molecular weight is 267 g/mol. The van der Waals surface area contributed by atoms with Gasteiger partial charge in [0.15, 0.2) is 0 Å². The molecule has 0 spiro atoms. The molecule has 0 radical (unpaired) electrons. The van der Waals surface area contributed by atoms with Gasteiger partial charge in [0.05, 0.1) is 0 Å². The molecule has 0 amide bonds. The number of pyridine rings is 1. The van der Waals surface area contributed by atoms with Crippen molar-refractivity contribution >= 4 is 6.08 Å². The van der Waals surface area contributed by atoms with Crippen molar-refractivity contribution in [3.8, 4) is 0 Å². The summed E-state index contributed by atoms with van der Waals surface area (Å²) in [4.78, 5) is 4.03. The van der Waals surface area contributed by atoms with Gasteiger partial charge in [0.1, 0.15) is 0 Å². The van der Waals surface area contributed by atoms with Gasteiger partial charge in [0, 0.05) is 19.0 Å². The fourth-order valence-electron chi connectivity index (χ4n) is 2.22. The highest BCUT2D eigenvalue weighted by Gasteiger charge is 2.04. The van der Waals surface area contributed by atoms with Crippen LogP contribution in [-0.2, 0) is 6.42 Å². The molecule has 0 saturated carbocycles. The summed E-state index contributed by atoms with van der Waals surface area (Å²) in [6.45, 7) is 0.236. The van der Waals surface area contributed by atoms with Gasteiger partial charge in [-0.3, -0.25) is 4.98 Å². The van der Waals surface area contributed by atoms with Crippen LogP contribution in [0.1, 0.15) is 24.0 Å². The lowest BCUT2D eigenvalue weighted by atomic mass is 9.96. The van der Waals surface area contributed by atoms with Crippen molar-refractivity contribution in [3.05, 3.63) is 72.1 Å². The molecule has 0 saturated heterocycles. The standard InChI is InChI=1S/C18H21NO/c20-15-12-17(7-6-16-4-2-1-3-5-16)8-9-18-10-13-19-14-11-18/h1-7,10-11,13-14,17,20H,8-9,12,15H2. The van der Waals surface area contributed by atoms with Crippen molar-refractivity contribution < 1.29 is 5.11 Å². The number of hydrogen-bond donors (Lipinski definition) is 1. The number of benzene rings is 1. The van der Waals surface area contributed by atoms with Gasteiger partial charge < -0.3 is 5.11 Å². The molecular formula is C18H21NO. The Balaban J connectivity index is 1.92. The van der Waals surface area contributed by atoms with Crippen molar-refractivity contribution in [2.75, 3.05) is 6.61 Å². The molecule has 2 aromatic rings. The van der Waals surface area contributed by atoms with Crippen molar-refractivity contribution in [1.82, 2.24) is 4.98 Å². The maximum absolute atomic E-state index is 9.19. The van der Waals surface area contributed by atoms with E-state index >= 15 is 0 Å². The SMILES string of the molecule is OCCC(C=Cc1ccccc1)CCc1ccncc1. The van der Waals surface area contributed by atoms with Crippen LogP contribution in [0.5, 0.6) is 0 Å². The Morgan fingerprint density at radius 2 is 1.75 bits per heavy atom. The minimum atomic E-state index is 0.236. The van der Waals surface area contributed by atoms with Crippen LogP contribution in [-0.4, -0.2) is 16.7 Å². The Morgan fingerprint density at radius 1 is 1.00 bits per heavy atom. The monoisotopic (exact) mass is 267 g/mol. The number of rotatable bonds is 7. The number of aliphatic hydroxyl groups is 1. The molecule has 1 atom stereocenters. The number of aryl methyl sites for hydroxylation is 1. The Morgan fingerprint density at radius 3 is 2.45 bits per heavy atom. The second kappa shape index (κ2) is 8.28. The van der Waals surface area contributed by atoms with E-state index in [9.17, 15) is 5.11 Å². The maximum Gasteiger partial charge on any atom is 0.0436 e. The zero-order valence-corrected chi connectivity index (χ0v) is 11.7. The third-order valence-corrected chi connectivity index (χ3v) is 3.41. The summed E-state index contributed by atoms with van der Waals surface area (Å²) in [5.41, 5.74) is 2.51. The highest BCUT2D eigenvalue weighted by molar-refractivity contribution is 5.48. The van der Waals surface area contributed by atoms with Crippen molar-refractivity contribution in [1.29, 1.82) is 0 Å². The molecule has 1 heterocycles. The van der Waals surface area contributed by atoms with E-state index in [1.807, 2.05) is 30.6 Å². The van der Waals surface area contributed by atoms with Gasteiger partial charge in [-0.15, -0.1) is 0 Å². The van der Waals surface area contributed by atoms with Crippen molar-refractivity contribution in [3.63, 3.8) is 0 Å². The number of aliphatic hydroxyl groups excluding tert-OH is 1. The first kappa shape index (κ1) is 14.5. The van der Waals surface area contributed by atoms with Crippen molar-refractivity contribution in [2.24, 2.45) is 5.92 Å². The zero-order valence-electron chi connectivity index (χ0n) is 11.7. The highest BCUT2D eigenvalue weighted by atomic mass is 16.3. The lowest BCUT2D eigenvalue weighted by Crippen LogP contribution is -2.02. The molecule has 0 fully saturated rings. The van der Waals surface area contributed by atoms with E-state index in [2.05, 4.69) is 41.4 Å². The molecule has 0 bridgehead atoms. The second-order valence-electron chi connectivity index (χ2n) is 4.94. The van der Waals surface area contributed by atoms with Gasteiger partial charge in [-0.05, 0) is 48.4 Å². The first-order valence-electron chi connectivity index (χ1n) is 7.11. The molecule has 2 rings (SSSR count).